The fourth-order valence-electron chi connectivity index (χ4n) is 2.92. The highest BCUT2D eigenvalue weighted by Gasteiger charge is 2.22. The summed E-state index contributed by atoms with van der Waals surface area (Å²) in [6, 6.07) is 5.55. The van der Waals surface area contributed by atoms with Crippen LogP contribution in [0.4, 0.5) is 0 Å². The first-order valence-electron chi connectivity index (χ1n) is 8.55. The Hall–Kier alpha value is -2.64. The Balaban J connectivity index is 1.57. The van der Waals surface area contributed by atoms with Gasteiger partial charge in [0.15, 0.2) is 11.5 Å². The highest BCUT2D eigenvalue weighted by atomic mass is 35.5. The number of oxazole rings is 1. The van der Waals surface area contributed by atoms with E-state index in [0.29, 0.717) is 34.5 Å². The predicted octanol–water partition coefficient (Wildman–Crippen LogP) is 4.02. The van der Waals surface area contributed by atoms with Crippen molar-refractivity contribution < 1.29 is 13.9 Å². The molecule has 1 aliphatic heterocycles. The number of halogens is 1. The van der Waals surface area contributed by atoms with E-state index in [1.54, 1.807) is 24.7 Å². The summed E-state index contributed by atoms with van der Waals surface area (Å²) in [7, 11) is 2.02. The van der Waals surface area contributed by atoms with E-state index in [2.05, 4.69) is 26.8 Å². The second-order valence-corrected chi connectivity index (χ2v) is 6.84. The molecule has 4 rings (SSSR count). The van der Waals surface area contributed by atoms with E-state index in [1.807, 2.05) is 20.0 Å². The van der Waals surface area contributed by atoms with E-state index in [0.717, 1.165) is 17.1 Å². The van der Waals surface area contributed by atoms with E-state index in [1.165, 1.54) is 0 Å². The van der Waals surface area contributed by atoms with Crippen molar-refractivity contribution >= 4 is 11.6 Å². The Bertz CT molecular complexity index is 961. The molecule has 27 heavy (non-hydrogen) atoms. The number of rotatable bonds is 5. The number of aryl methyl sites for hydroxylation is 1. The summed E-state index contributed by atoms with van der Waals surface area (Å²) >= 11 is 6.38. The summed E-state index contributed by atoms with van der Waals surface area (Å²) in [6.07, 6.45) is 3.30. The van der Waals surface area contributed by atoms with Crippen molar-refractivity contribution in [3.8, 4) is 23.0 Å². The van der Waals surface area contributed by atoms with Gasteiger partial charge in [-0.3, -0.25) is 4.90 Å². The molecular formula is C19H19ClN4O3. The van der Waals surface area contributed by atoms with Gasteiger partial charge in [0, 0.05) is 24.8 Å². The van der Waals surface area contributed by atoms with E-state index < -0.39 is 0 Å². The number of hydrogen-bond acceptors (Lipinski definition) is 7. The van der Waals surface area contributed by atoms with Gasteiger partial charge in [0.2, 0.25) is 12.7 Å². The van der Waals surface area contributed by atoms with Crippen LogP contribution in [0.25, 0.3) is 11.5 Å². The molecule has 0 aliphatic carbocycles. The van der Waals surface area contributed by atoms with Crippen molar-refractivity contribution in [1.29, 1.82) is 0 Å². The lowest BCUT2D eigenvalue weighted by atomic mass is 10.2. The van der Waals surface area contributed by atoms with Crippen molar-refractivity contribution in [2.24, 2.45) is 0 Å². The number of fused-ring (bicyclic) bond motifs is 1. The van der Waals surface area contributed by atoms with E-state index in [4.69, 9.17) is 25.5 Å². The highest BCUT2D eigenvalue weighted by molar-refractivity contribution is 6.33. The summed E-state index contributed by atoms with van der Waals surface area (Å²) in [6.45, 7) is 4.79. The lowest BCUT2D eigenvalue weighted by Crippen LogP contribution is -2.23. The maximum absolute atomic E-state index is 6.38. The van der Waals surface area contributed by atoms with Gasteiger partial charge in [0.25, 0.3) is 0 Å². The molecule has 0 amide bonds. The van der Waals surface area contributed by atoms with Gasteiger partial charge in [0.05, 0.1) is 22.0 Å². The quantitative estimate of drug-likeness (QED) is 0.655. The zero-order valence-corrected chi connectivity index (χ0v) is 16.0. The summed E-state index contributed by atoms with van der Waals surface area (Å²) in [4.78, 5) is 15.1. The van der Waals surface area contributed by atoms with Crippen molar-refractivity contribution in [1.82, 2.24) is 19.9 Å². The largest absolute Gasteiger partial charge is 0.454 e. The number of hydrogen-bond donors (Lipinski definition) is 0. The first-order chi connectivity index (χ1) is 13.0. The third kappa shape index (κ3) is 3.48. The summed E-state index contributed by atoms with van der Waals surface area (Å²) in [5.41, 5.74) is 2.48. The standard InChI is InChI=1S/C19H19ClN4O3/c1-11(15-4-5-21-9-22-15)24(3)8-16-12(2)27-19(23-16)13-6-17-18(7-14(13)20)26-10-25-17/h4-7,9,11H,8,10H2,1-3H3. The summed E-state index contributed by atoms with van der Waals surface area (Å²) in [5.74, 6) is 2.49. The lowest BCUT2D eigenvalue weighted by molar-refractivity contribution is 0.174. The minimum atomic E-state index is 0.113. The van der Waals surface area contributed by atoms with Crippen LogP contribution >= 0.6 is 11.6 Å². The van der Waals surface area contributed by atoms with Gasteiger partial charge < -0.3 is 13.9 Å². The van der Waals surface area contributed by atoms with Gasteiger partial charge in [-0.05, 0) is 33.0 Å². The zero-order valence-electron chi connectivity index (χ0n) is 15.3. The molecule has 1 aromatic carbocycles. The minimum absolute atomic E-state index is 0.113. The first-order valence-corrected chi connectivity index (χ1v) is 8.92. The van der Waals surface area contributed by atoms with Crippen molar-refractivity contribution in [2.75, 3.05) is 13.8 Å². The van der Waals surface area contributed by atoms with Gasteiger partial charge in [-0.1, -0.05) is 11.6 Å². The number of nitrogens with zero attached hydrogens (tertiary/aromatic N) is 4. The van der Waals surface area contributed by atoms with Gasteiger partial charge in [-0.15, -0.1) is 0 Å². The van der Waals surface area contributed by atoms with Crippen LogP contribution in [0.2, 0.25) is 5.02 Å². The fourth-order valence-corrected chi connectivity index (χ4v) is 3.15. The predicted molar refractivity (Wildman–Crippen MR) is 99.7 cm³/mol. The fraction of sp³-hybridized carbons (Fsp3) is 0.316. The summed E-state index contributed by atoms with van der Waals surface area (Å²) in [5, 5.41) is 0.509. The second kappa shape index (κ2) is 7.17. The molecule has 1 atom stereocenters. The van der Waals surface area contributed by atoms with Crippen LogP contribution in [0.3, 0.4) is 0 Å². The molecule has 1 aliphatic rings. The normalized spacial score (nSPS) is 14.0. The Kier molecular flexibility index (Phi) is 4.72. The van der Waals surface area contributed by atoms with Crippen LogP contribution in [0.5, 0.6) is 11.5 Å². The van der Waals surface area contributed by atoms with E-state index in [-0.39, 0.29) is 12.8 Å². The molecule has 8 heteroatoms. The molecule has 1 unspecified atom stereocenters. The minimum Gasteiger partial charge on any atom is -0.454 e. The van der Waals surface area contributed by atoms with Crippen molar-refractivity contribution in [2.45, 2.75) is 26.4 Å². The van der Waals surface area contributed by atoms with Crippen molar-refractivity contribution in [3.63, 3.8) is 0 Å². The van der Waals surface area contributed by atoms with Crippen LogP contribution in [0.15, 0.2) is 35.1 Å². The maximum atomic E-state index is 6.38. The first kappa shape index (κ1) is 17.8. The van der Waals surface area contributed by atoms with Crippen LogP contribution in [0, 0.1) is 6.92 Å². The maximum Gasteiger partial charge on any atom is 0.231 e. The van der Waals surface area contributed by atoms with E-state index in [9.17, 15) is 0 Å². The molecule has 2 aromatic heterocycles. The van der Waals surface area contributed by atoms with Gasteiger partial charge in [0.1, 0.15) is 12.1 Å². The van der Waals surface area contributed by atoms with Crippen LogP contribution in [-0.2, 0) is 6.54 Å². The number of aromatic nitrogens is 3. The Morgan fingerprint density at radius 3 is 2.78 bits per heavy atom. The van der Waals surface area contributed by atoms with Crippen LogP contribution in [0.1, 0.15) is 30.1 Å². The zero-order chi connectivity index (χ0) is 19.0. The second-order valence-electron chi connectivity index (χ2n) is 6.43. The molecule has 0 saturated carbocycles. The van der Waals surface area contributed by atoms with Gasteiger partial charge in [-0.25, -0.2) is 15.0 Å². The van der Waals surface area contributed by atoms with E-state index >= 15 is 0 Å². The molecule has 3 heterocycles. The smallest absolute Gasteiger partial charge is 0.231 e. The molecular weight excluding hydrogens is 368 g/mol. The number of ether oxygens (including phenoxy) is 2. The van der Waals surface area contributed by atoms with Crippen molar-refractivity contribution in [3.05, 3.63) is 52.9 Å². The Morgan fingerprint density at radius 2 is 2.04 bits per heavy atom. The molecule has 0 spiro atoms. The Morgan fingerprint density at radius 1 is 1.26 bits per heavy atom. The van der Waals surface area contributed by atoms with Gasteiger partial charge in [-0.2, -0.15) is 0 Å². The monoisotopic (exact) mass is 386 g/mol. The third-order valence-electron chi connectivity index (χ3n) is 4.68. The SMILES string of the molecule is Cc1oc(-c2cc3c(cc2Cl)OCO3)nc1CN(C)C(C)c1ccncn1. The molecule has 7 nitrogen and oxygen atoms in total. The topological polar surface area (TPSA) is 73.5 Å². The van der Waals surface area contributed by atoms with Crippen LogP contribution < -0.4 is 9.47 Å². The molecule has 0 radical (unpaired) electrons. The average Bonchev–Trinajstić information content (AvgIpc) is 3.27. The molecule has 0 bridgehead atoms. The summed E-state index contributed by atoms with van der Waals surface area (Å²) < 4.78 is 16.7. The molecule has 0 N–H and O–H groups in total. The number of benzene rings is 1. The highest BCUT2D eigenvalue weighted by Crippen LogP contribution is 2.41. The molecule has 140 valence electrons. The third-order valence-corrected chi connectivity index (χ3v) is 4.99. The van der Waals surface area contributed by atoms with Gasteiger partial charge >= 0.3 is 0 Å². The van der Waals surface area contributed by atoms with Crippen LogP contribution in [-0.4, -0.2) is 33.7 Å². The average molecular weight is 387 g/mol. The lowest BCUT2D eigenvalue weighted by Gasteiger charge is -2.23. The molecule has 0 saturated heterocycles. The molecule has 3 aromatic rings. The Labute approximate surface area is 161 Å². The molecule has 0 fully saturated rings.